The number of nitrogens with one attached hydrogen (secondary N) is 3. The van der Waals surface area contributed by atoms with Crippen molar-refractivity contribution in [2.24, 2.45) is 10.9 Å². The Morgan fingerprint density at radius 3 is 2.39 bits per heavy atom. The lowest BCUT2D eigenvalue weighted by Gasteiger charge is -2.32. The molecule has 1 amide bonds. The van der Waals surface area contributed by atoms with Gasteiger partial charge in [-0.15, -0.1) is 0 Å². The van der Waals surface area contributed by atoms with Gasteiger partial charge in [0.15, 0.2) is 4.88 Å². The van der Waals surface area contributed by atoms with Crippen LogP contribution in [0.5, 0.6) is 0 Å². The lowest BCUT2D eigenvalue weighted by Crippen LogP contribution is -2.52. The monoisotopic (exact) mass is 618 g/mol. The number of Topliss-reactive ketones (excluding diaryl/α,β-unsaturated/α-hetero) is 1. The zero-order valence-corrected chi connectivity index (χ0v) is 23.1. The van der Waals surface area contributed by atoms with Gasteiger partial charge >= 0.3 is 6.18 Å². The summed E-state index contributed by atoms with van der Waals surface area (Å²) in [6.45, 7) is 1.75. The van der Waals surface area contributed by atoms with Crippen molar-refractivity contribution in [1.82, 2.24) is 19.7 Å². The first kappa shape index (κ1) is 31.7. The molecule has 0 saturated carbocycles. The summed E-state index contributed by atoms with van der Waals surface area (Å²) in [4.78, 5) is 40.0. The number of hydrogen-bond acceptors (Lipinski definition) is 9. The number of thiophene rings is 1. The maximum atomic E-state index is 13.0. The number of nitrogens with zero attached hydrogens (tertiary/aromatic N) is 3. The Kier molecular flexibility index (Phi) is 9.85. The zero-order chi connectivity index (χ0) is 30.5. The number of ketones is 1. The van der Waals surface area contributed by atoms with Crippen LogP contribution in [-0.4, -0.2) is 59.6 Å². The third-order valence-electron chi connectivity index (χ3n) is 5.76. The van der Waals surface area contributed by atoms with E-state index in [2.05, 4.69) is 19.8 Å². The normalized spacial score (nSPS) is 16.8. The number of carbonyl (C=O) groups excluding carboxylic acids is 2. The number of benzene rings is 1. The molecule has 0 radical (unpaired) electrons. The van der Waals surface area contributed by atoms with Crippen LogP contribution >= 0.6 is 10.8 Å². The maximum absolute atomic E-state index is 13.0. The molecule has 3 N–H and O–H groups in total. The molecule has 18 heteroatoms. The van der Waals surface area contributed by atoms with Crippen molar-refractivity contribution in [3.63, 3.8) is 0 Å². The third kappa shape index (κ3) is 8.32. The van der Waals surface area contributed by atoms with Gasteiger partial charge in [0.05, 0.1) is 35.7 Å². The van der Waals surface area contributed by atoms with Crippen molar-refractivity contribution in [2.45, 2.75) is 38.7 Å². The van der Waals surface area contributed by atoms with Crippen molar-refractivity contribution < 1.29 is 40.7 Å². The number of aliphatic imine (C=N–C) groups is 1. The number of halogens is 3. The maximum Gasteiger partial charge on any atom is 0.452 e. The average Bonchev–Trinajstić information content (AvgIpc) is 3.30. The van der Waals surface area contributed by atoms with Gasteiger partial charge in [-0.25, -0.2) is 4.99 Å². The number of nitro benzene ring substituents is 1. The molecule has 0 saturated heterocycles. The first-order valence-corrected chi connectivity index (χ1v) is 14.5. The first-order valence-electron chi connectivity index (χ1n) is 11.8. The van der Waals surface area contributed by atoms with E-state index < -0.39 is 68.3 Å². The molecule has 1 aliphatic heterocycles. The molecule has 41 heavy (non-hydrogen) atoms. The number of nitro groups is 1. The van der Waals surface area contributed by atoms with E-state index >= 15 is 0 Å². The number of hydrogen-bond donors (Lipinski definition) is 3. The van der Waals surface area contributed by atoms with Gasteiger partial charge in [-0.2, -0.15) is 26.3 Å². The summed E-state index contributed by atoms with van der Waals surface area (Å²) < 4.78 is 81.9. The Balaban J connectivity index is 1.78. The van der Waals surface area contributed by atoms with Gasteiger partial charge in [-0.3, -0.25) is 24.4 Å². The molecule has 2 aromatic rings. The first-order chi connectivity index (χ1) is 19.1. The van der Waals surface area contributed by atoms with Gasteiger partial charge in [0, 0.05) is 24.7 Å². The highest BCUT2D eigenvalue weighted by Gasteiger charge is 2.45. The van der Waals surface area contributed by atoms with Gasteiger partial charge in [-0.1, -0.05) is 36.7 Å². The van der Waals surface area contributed by atoms with Crippen LogP contribution in [0, 0.1) is 16.0 Å². The van der Waals surface area contributed by atoms with E-state index in [1.54, 1.807) is 0 Å². The fraction of sp³-hybridized carbons (Fsp3) is 0.348. The van der Waals surface area contributed by atoms with Crippen LogP contribution in [0.1, 0.15) is 30.3 Å². The Morgan fingerprint density at radius 2 is 1.85 bits per heavy atom. The minimum atomic E-state index is -5.18. The summed E-state index contributed by atoms with van der Waals surface area (Å²) in [5, 5.41) is 14.2. The number of rotatable bonds is 12. The van der Waals surface area contributed by atoms with Gasteiger partial charge in [0.2, 0.25) is 5.91 Å². The Bertz CT molecular complexity index is 1460. The summed E-state index contributed by atoms with van der Waals surface area (Å²) in [5.41, 5.74) is 0.0934. The molecule has 3 atom stereocenters. The predicted molar refractivity (Wildman–Crippen MR) is 141 cm³/mol. The predicted octanol–water partition coefficient (Wildman–Crippen LogP) is 2.45. The molecule has 3 unspecified atom stereocenters. The van der Waals surface area contributed by atoms with Crippen LogP contribution in [0.3, 0.4) is 0 Å². The molecule has 1 aromatic carbocycles. The van der Waals surface area contributed by atoms with Gasteiger partial charge in [0.25, 0.3) is 21.7 Å². The largest absolute Gasteiger partial charge is 0.590 e. The molecule has 3 rings (SSSR count). The molecule has 222 valence electrons. The molecule has 0 aliphatic carbocycles. The van der Waals surface area contributed by atoms with E-state index in [0.29, 0.717) is 5.56 Å². The van der Waals surface area contributed by atoms with Crippen LogP contribution in [0.25, 0.3) is 0 Å². The van der Waals surface area contributed by atoms with Crippen LogP contribution in [0.4, 0.5) is 18.9 Å². The standard InChI is InChI=1S/C23H25F3N6O7S2/c1-14(2)20(22(34)23(24,25)26)29-19(33)12-31-13-27-11-17(21(31)18-4-3-9-40(18)37)30-41(38,39)28-10-15-5-7-16(8-6-15)32(35)36/h3-9,11,13-14,20-21,28,30H,10,12H2,1-2H3,(H,29,33). The van der Waals surface area contributed by atoms with Crippen LogP contribution in [0.15, 0.2) is 58.7 Å². The minimum absolute atomic E-state index is 0.133. The highest BCUT2D eigenvalue weighted by Crippen LogP contribution is 2.36. The van der Waals surface area contributed by atoms with Crippen molar-refractivity contribution in [3.05, 3.63) is 74.2 Å². The molecule has 0 fully saturated rings. The number of non-ortho nitro benzene ring substituents is 1. The highest BCUT2D eigenvalue weighted by atomic mass is 32.2. The second-order valence-corrected chi connectivity index (χ2v) is 12.0. The fourth-order valence-corrected chi connectivity index (χ4v) is 5.78. The lowest BCUT2D eigenvalue weighted by atomic mass is 9.99. The fourth-order valence-electron chi connectivity index (χ4n) is 3.80. The highest BCUT2D eigenvalue weighted by molar-refractivity contribution is 7.87. The average molecular weight is 619 g/mol. The molecule has 0 spiro atoms. The van der Waals surface area contributed by atoms with Gasteiger partial charge in [-0.05, 0) is 17.5 Å². The van der Waals surface area contributed by atoms with Crippen molar-refractivity contribution in [3.8, 4) is 0 Å². The molecular formula is C23H25F3N6O7S2. The van der Waals surface area contributed by atoms with Crippen molar-refractivity contribution >= 4 is 44.7 Å². The van der Waals surface area contributed by atoms with E-state index in [-0.39, 0.29) is 22.8 Å². The van der Waals surface area contributed by atoms with E-state index in [9.17, 15) is 45.8 Å². The van der Waals surface area contributed by atoms with Crippen molar-refractivity contribution in [1.29, 1.82) is 0 Å². The quantitative estimate of drug-likeness (QED) is 0.184. The minimum Gasteiger partial charge on any atom is -0.590 e. The van der Waals surface area contributed by atoms with Crippen LogP contribution < -0.4 is 14.8 Å². The van der Waals surface area contributed by atoms with Gasteiger partial charge in [0.1, 0.15) is 11.4 Å². The number of carbonyl (C=O) groups is 2. The molecule has 1 aliphatic rings. The SMILES string of the molecule is CC(C)C(NC(=O)CN1C=NC=C(NS(=O)(=O)NCc2ccc([N+](=O)[O-])cc2)C1c1ccc[s+]1[O-])C(=O)C(F)(F)F. The number of alkyl halides is 3. The zero-order valence-electron chi connectivity index (χ0n) is 21.5. The van der Waals surface area contributed by atoms with E-state index in [1.165, 1.54) is 55.6 Å². The topological polar surface area (TPSA) is 186 Å². The summed E-state index contributed by atoms with van der Waals surface area (Å²) >= 11 is 0. The molecular weight excluding hydrogens is 593 g/mol. The second kappa shape index (κ2) is 12.8. The summed E-state index contributed by atoms with van der Waals surface area (Å²) in [5.74, 6) is -4.01. The van der Waals surface area contributed by atoms with Gasteiger partial charge < -0.3 is 14.8 Å². The third-order valence-corrected chi connectivity index (χ3v) is 8.01. The van der Waals surface area contributed by atoms with E-state index in [4.69, 9.17) is 0 Å². The summed E-state index contributed by atoms with van der Waals surface area (Å²) in [7, 11) is -6.04. The summed E-state index contributed by atoms with van der Waals surface area (Å²) in [6, 6.07) is 4.99. The van der Waals surface area contributed by atoms with E-state index in [1.807, 2.05) is 0 Å². The molecule has 0 bridgehead atoms. The second-order valence-electron chi connectivity index (χ2n) is 9.12. The number of amides is 1. The molecule has 2 heterocycles. The van der Waals surface area contributed by atoms with Crippen LogP contribution in [0.2, 0.25) is 0 Å². The summed E-state index contributed by atoms with van der Waals surface area (Å²) in [6.07, 6.45) is -2.94. The lowest BCUT2D eigenvalue weighted by molar-refractivity contribution is -0.384. The molecule has 1 aromatic heterocycles. The Labute approximate surface area is 235 Å². The smallest absolute Gasteiger partial charge is 0.452 e. The Hall–Kier alpha value is -3.87. The Morgan fingerprint density at radius 1 is 1.20 bits per heavy atom. The molecule has 13 nitrogen and oxygen atoms in total. The van der Waals surface area contributed by atoms with E-state index in [0.717, 1.165) is 17.4 Å². The van der Waals surface area contributed by atoms with Crippen molar-refractivity contribution in [2.75, 3.05) is 6.54 Å². The van der Waals surface area contributed by atoms with Crippen LogP contribution in [-0.2, 0) is 26.3 Å².